The number of nitrogens with zero attached hydrogens (tertiary/aromatic N) is 5. The molecule has 168 valence electrons. The van der Waals surface area contributed by atoms with Crippen molar-refractivity contribution in [1.29, 1.82) is 0 Å². The van der Waals surface area contributed by atoms with Gasteiger partial charge in [-0.25, -0.2) is 11.6 Å². The van der Waals surface area contributed by atoms with Gasteiger partial charge in [0.15, 0.2) is 0 Å². The fourth-order valence-electron chi connectivity index (χ4n) is 3.32. The minimum absolute atomic E-state index is 0.111. The second kappa shape index (κ2) is 9.51. The lowest BCUT2D eigenvalue weighted by Crippen LogP contribution is -2.26. The maximum Gasteiger partial charge on any atom is 0.345 e. The zero-order valence-corrected chi connectivity index (χ0v) is 17.6. The summed E-state index contributed by atoms with van der Waals surface area (Å²) in [5.74, 6) is -0.634. The average Bonchev–Trinajstić information content (AvgIpc) is 3.10. The Hall–Kier alpha value is -2.87. The third-order valence-electron chi connectivity index (χ3n) is 5.24. The molecule has 8 nitrogen and oxygen atoms in total. The molecule has 2 aromatic rings. The van der Waals surface area contributed by atoms with Gasteiger partial charge in [-0.1, -0.05) is 0 Å². The van der Waals surface area contributed by atoms with Crippen LogP contribution in [0.3, 0.4) is 0 Å². The van der Waals surface area contributed by atoms with Crippen LogP contribution in [0, 0.1) is 25.2 Å². The highest BCUT2D eigenvalue weighted by molar-refractivity contribution is 5.55. The van der Waals surface area contributed by atoms with Crippen molar-refractivity contribution >= 4 is 11.6 Å². The Labute approximate surface area is 178 Å². The molecule has 0 spiro atoms. The Morgan fingerprint density at radius 1 is 1.32 bits per heavy atom. The van der Waals surface area contributed by atoms with E-state index in [1.54, 1.807) is 27.0 Å². The average molecular weight is 438 g/mol. The highest BCUT2D eigenvalue weighted by Gasteiger charge is 2.28. The highest BCUT2D eigenvalue weighted by Crippen LogP contribution is 2.29. The van der Waals surface area contributed by atoms with Crippen LogP contribution in [0.4, 0.5) is 24.8 Å². The van der Waals surface area contributed by atoms with Crippen LogP contribution in [0.1, 0.15) is 45.2 Å². The largest absolute Gasteiger partial charge is 0.475 e. The van der Waals surface area contributed by atoms with Crippen molar-refractivity contribution < 1.29 is 22.6 Å². The molecule has 31 heavy (non-hydrogen) atoms. The molecule has 1 aliphatic carbocycles. The molecule has 0 amide bonds. The molecule has 0 aliphatic heterocycles. The minimum Gasteiger partial charge on any atom is -0.475 e. The summed E-state index contributed by atoms with van der Waals surface area (Å²) in [6, 6.07) is 0. The van der Waals surface area contributed by atoms with E-state index in [-0.39, 0.29) is 24.4 Å². The van der Waals surface area contributed by atoms with Crippen molar-refractivity contribution in [3.05, 3.63) is 35.3 Å². The number of anilines is 2. The summed E-state index contributed by atoms with van der Waals surface area (Å²) in [6.07, 6.45) is 4.58. The van der Waals surface area contributed by atoms with Gasteiger partial charge in [-0.2, -0.15) is 27.9 Å². The zero-order valence-electron chi connectivity index (χ0n) is 17.6. The Morgan fingerprint density at radius 2 is 2.03 bits per heavy atom. The van der Waals surface area contributed by atoms with Gasteiger partial charge in [0, 0.05) is 13.8 Å². The van der Waals surface area contributed by atoms with Crippen molar-refractivity contribution in [3.8, 4) is 5.88 Å². The second-order valence-electron chi connectivity index (χ2n) is 8.00. The quantitative estimate of drug-likeness (QED) is 0.605. The van der Waals surface area contributed by atoms with Crippen LogP contribution in [-0.2, 0) is 10.4 Å². The van der Waals surface area contributed by atoms with Gasteiger partial charge < -0.3 is 14.8 Å². The van der Waals surface area contributed by atoms with Crippen molar-refractivity contribution in [2.75, 3.05) is 11.9 Å². The van der Waals surface area contributed by atoms with E-state index in [2.05, 4.69) is 30.0 Å². The fraction of sp³-hybridized carbons (Fsp3) is 0.600. The monoisotopic (exact) mass is 438 g/mol. The number of rotatable bonds is 8. The topological polar surface area (TPSA) is 78.5 Å². The van der Waals surface area contributed by atoms with Gasteiger partial charge in [0.1, 0.15) is 0 Å². The summed E-state index contributed by atoms with van der Waals surface area (Å²) >= 11 is 0. The standard InChI is InChI=1S/C20H25F3N6O2/c1-12-16(10-29(28-12)20(2,3)24-4)26-19-25-9-15(21)17(27-19)30-11-13-5-7-14(8-6-13)31-18(22)23/h9-10,13-14,18H,5-8,11H2,1-3H3,(H,25,26,27). The van der Waals surface area contributed by atoms with Crippen LogP contribution >= 0.6 is 0 Å². The third kappa shape index (κ3) is 5.85. The van der Waals surface area contributed by atoms with Crippen molar-refractivity contribution in [2.45, 2.75) is 64.8 Å². The summed E-state index contributed by atoms with van der Waals surface area (Å²) in [7, 11) is 0. The number of alkyl halides is 2. The molecule has 0 saturated heterocycles. The van der Waals surface area contributed by atoms with E-state index in [0.717, 1.165) is 6.20 Å². The predicted molar refractivity (Wildman–Crippen MR) is 106 cm³/mol. The van der Waals surface area contributed by atoms with Gasteiger partial charge in [0.05, 0.1) is 36.5 Å². The molecule has 2 heterocycles. The van der Waals surface area contributed by atoms with E-state index in [0.29, 0.717) is 37.1 Å². The molecule has 0 radical (unpaired) electrons. The van der Waals surface area contributed by atoms with Gasteiger partial charge >= 0.3 is 12.3 Å². The van der Waals surface area contributed by atoms with E-state index in [4.69, 9.17) is 11.3 Å². The first-order valence-electron chi connectivity index (χ1n) is 9.99. The lowest BCUT2D eigenvalue weighted by Gasteiger charge is -2.28. The maximum absolute atomic E-state index is 14.1. The van der Waals surface area contributed by atoms with E-state index in [1.165, 1.54) is 4.68 Å². The van der Waals surface area contributed by atoms with Gasteiger partial charge in [-0.05, 0) is 38.5 Å². The number of aromatic nitrogens is 4. The lowest BCUT2D eigenvalue weighted by atomic mass is 9.88. The summed E-state index contributed by atoms with van der Waals surface area (Å²) in [6.45, 7) is 10.0. The van der Waals surface area contributed by atoms with E-state index in [9.17, 15) is 13.2 Å². The van der Waals surface area contributed by atoms with Crippen LogP contribution in [0.2, 0.25) is 0 Å². The number of ether oxygens (including phenoxy) is 2. The first-order chi connectivity index (χ1) is 14.7. The van der Waals surface area contributed by atoms with Crippen LogP contribution in [0.15, 0.2) is 12.4 Å². The van der Waals surface area contributed by atoms with E-state index < -0.39 is 24.2 Å². The van der Waals surface area contributed by atoms with Crippen molar-refractivity contribution in [1.82, 2.24) is 19.7 Å². The van der Waals surface area contributed by atoms with Crippen LogP contribution in [-0.4, -0.2) is 39.1 Å². The SMILES string of the molecule is [C-]#[N+]C(C)(C)n1cc(Nc2ncc(F)c(OCC3CCC(OC(F)F)CC3)n2)c(C)n1. The van der Waals surface area contributed by atoms with Crippen LogP contribution in [0.5, 0.6) is 5.88 Å². The van der Waals surface area contributed by atoms with E-state index in [1.807, 2.05) is 0 Å². The van der Waals surface area contributed by atoms with Gasteiger partial charge in [0.2, 0.25) is 11.8 Å². The lowest BCUT2D eigenvalue weighted by molar-refractivity contribution is -0.171. The van der Waals surface area contributed by atoms with Gasteiger partial charge in [0.25, 0.3) is 5.88 Å². The molecule has 0 bridgehead atoms. The highest BCUT2D eigenvalue weighted by atomic mass is 19.3. The summed E-state index contributed by atoms with van der Waals surface area (Å²) in [5, 5.41) is 7.31. The molecule has 1 saturated carbocycles. The number of halogens is 3. The Morgan fingerprint density at radius 3 is 2.68 bits per heavy atom. The van der Waals surface area contributed by atoms with Crippen molar-refractivity contribution in [2.24, 2.45) is 5.92 Å². The summed E-state index contributed by atoms with van der Waals surface area (Å²) in [5.41, 5.74) is 0.378. The molecule has 1 N–H and O–H groups in total. The molecule has 0 unspecified atom stereocenters. The van der Waals surface area contributed by atoms with E-state index >= 15 is 0 Å². The normalized spacial score (nSPS) is 19.3. The number of nitrogens with one attached hydrogen (secondary N) is 1. The van der Waals surface area contributed by atoms with Crippen LogP contribution < -0.4 is 10.1 Å². The molecule has 11 heteroatoms. The third-order valence-corrected chi connectivity index (χ3v) is 5.24. The molecule has 1 aliphatic rings. The predicted octanol–water partition coefficient (Wildman–Crippen LogP) is 4.65. The first kappa shape index (κ1) is 22.8. The Bertz CT molecular complexity index is 935. The summed E-state index contributed by atoms with van der Waals surface area (Å²) < 4.78 is 50.4. The zero-order chi connectivity index (χ0) is 22.6. The molecule has 2 aromatic heterocycles. The Kier molecular flexibility index (Phi) is 7.00. The minimum atomic E-state index is -2.76. The molecular formula is C20H25F3N6O2. The van der Waals surface area contributed by atoms with Gasteiger partial charge in [-0.3, -0.25) is 4.85 Å². The molecule has 3 rings (SSSR count). The smallest absolute Gasteiger partial charge is 0.345 e. The molecule has 1 fully saturated rings. The second-order valence-corrected chi connectivity index (χ2v) is 8.00. The number of hydrogen-bond acceptors (Lipinski definition) is 6. The maximum atomic E-state index is 14.1. The Balaban J connectivity index is 1.61. The number of hydrogen-bond donors (Lipinski definition) is 1. The molecule has 0 aromatic carbocycles. The summed E-state index contributed by atoms with van der Waals surface area (Å²) in [4.78, 5) is 11.6. The van der Waals surface area contributed by atoms with Gasteiger partial charge in [-0.15, -0.1) is 0 Å². The molecule has 0 atom stereocenters. The number of aryl methyl sites for hydroxylation is 1. The molecular weight excluding hydrogens is 413 g/mol. The van der Waals surface area contributed by atoms with Crippen LogP contribution in [0.25, 0.3) is 4.85 Å². The fourth-order valence-corrected chi connectivity index (χ4v) is 3.32. The van der Waals surface area contributed by atoms with Crippen molar-refractivity contribution in [3.63, 3.8) is 0 Å². The first-order valence-corrected chi connectivity index (χ1v) is 9.99.